The number of morpholine rings is 1. The molecule has 1 amide bonds. The fourth-order valence-corrected chi connectivity index (χ4v) is 2.10. The first kappa shape index (κ1) is 13.7. The minimum absolute atomic E-state index is 0.102. The molecule has 0 aromatic heterocycles. The Morgan fingerprint density at radius 2 is 2.32 bits per heavy atom. The summed E-state index contributed by atoms with van der Waals surface area (Å²) in [6, 6.07) is 7.43. The van der Waals surface area contributed by atoms with E-state index >= 15 is 0 Å². The van der Waals surface area contributed by atoms with Gasteiger partial charge in [-0.15, -0.1) is 0 Å². The van der Waals surface area contributed by atoms with E-state index in [2.05, 4.69) is 0 Å². The van der Waals surface area contributed by atoms with Gasteiger partial charge in [0.15, 0.2) is 0 Å². The van der Waals surface area contributed by atoms with Crippen molar-refractivity contribution >= 4 is 11.6 Å². The molecule has 1 unspecified atom stereocenters. The van der Waals surface area contributed by atoms with Crippen molar-refractivity contribution in [3.8, 4) is 5.75 Å². The molecule has 5 heteroatoms. The van der Waals surface area contributed by atoms with Crippen LogP contribution in [0, 0.1) is 0 Å². The number of nitrogens with two attached hydrogens (primary N) is 1. The summed E-state index contributed by atoms with van der Waals surface area (Å²) < 4.78 is 10.8. The molecule has 104 valence electrons. The molecule has 1 aromatic rings. The molecule has 2 rings (SSSR count). The summed E-state index contributed by atoms with van der Waals surface area (Å²) in [6.07, 6.45) is 0.360. The summed E-state index contributed by atoms with van der Waals surface area (Å²) in [7, 11) is 0. The Balaban J connectivity index is 1.79. The lowest BCUT2D eigenvalue weighted by atomic mass is 10.2. The normalized spacial score (nSPS) is 19.2. The number of hydrogen-bond acceptors (Lipinski definition) is 4. The number of nitrogens with zero attached hydrogens (tertiary/aromatic N) is 1. The van der Waals surface area contributed by atoms with E-state index in [1.807, 2.05) is 24.0 Å². The first-order valence-corrected chi connectivity index (χ1v) is 6.53. The minimum Gasteiger partial charge on any atom is -0.491 e. The maximum Gasteiger partial charge on any atom is 0.226 e. The second-order valence-corrected chi connectivity index (χ2v) is 4.65. The summed E-state index contributed by atoms with van der Waals surface area (Å²) in [6.45, 7) is 4.22. The van der Waals surface area contributed by atoms with E-state index in [4.69, 9.17) is 15.2 Å². The molecule has 1 fully saturated rings. The summed E-state index contributed by atoms with van der Waals surface area (Å²) in [5.41, 5.74) is 6.36. The quantitative estimate of drug-likeness (QED) is 0.832. The number of para-hydroxylation sites is 2. The SMILES string of the molecule is CC1COCCN1C(=O)CCOc1ccccc1N. The molecule has 0 radical (unpaired) electrons. The number of carbonyl (C=O) groups is 1. The molecule has 0 saturated carbocycles. The Hall–Kier alpha value is -1.75. The van der Waals surface area contributed by atoms with E-state index in [0.29, 0.717) is 44.2 Å². The van der Waals surface area contributed by atoms with Gasteiger partial charge in [-0.1, -0.05) is 12.1 Å². The molecule has 0 spiro atoms. The van der Waals surface area contributed by atoms with Gasteiger partial charge < -0.3 is 20.1 Å². The van der Waals surface area contributed by atoms with Crippen molar-refractivity contribution in [3.63, 3.8) is 0 Å². The predicted octanol–water partition coefficient (Wildman–Crippen LogP) is 1.28. The van der Waals surface area contributed by atoms with E-state index in [1.54, 1.807) is 12.1 Å². The van der Waals surface area contributed by atoms with Crippen LogP contribution >= 0.6 is 0 Å². The Labute approximate surface area is 113 Å². The topological polar surface area (TPSA) is 64.8 Å². The standard InChI is InChI=1S/C14H20N2O3/c1-11-10-18-9-7-16(11)14(17)6-8-19-13-5-3-2-4-12(13)15/h2-5,11H,6-10,15H2,1H3. The number of amides is 1. The number of carbonyl (C=O) groups excluding carboxylic acids is 1. The number of anilines is 1. The van der Waals surface area contributed by atoms with Crippen molar-refractivity contribution in [2.45, 2.75) is 19.4 Å². The molecule has 0 bridgehead atoms. The Morgan fingerprint density at radius 1 is 1.53 bits per heavy atom. The van der Waals surface area contributed by atoms with Crippen LogP contribution in [0.5, 0.6) is 5.75 Å². The van der Waals surface area contributed by atoms with Crippen molar-refractivity contribution in [1.29, 1.82) is 0 Å². The van der Waals surface area contributed by atoms with Crippen LogP contribution < -0.4 is 10.5 Å². The lowest BCUT2D eigenvalue weighted by molar-refractivity contribution is -0.139. The Morgan fingerprint density at radius 3 is 3.05 bits per heavy atom. The highest BCUT2D eigenvalue weighted by Gasteiger charge is 2.23. The molecule has 1 atom stereocenters. The third-order valence-electron chi connectivity index (χ3n) is 3.18. The fraction of sp³-hybridized carbons (Fsp3) is 0.500. The van der Waals surface area contributed by atoms with E-state index in [9.17, 15) is 4.79 Å². The molecule has 1 heterocycles. The van der Waals surface area contributed by atoms with Gasteiger partial charge >= 0.3 is 0 Å². The van der Waals surface area contributed by atoms with E-state index in [1.165, 1.54) is 0 Å². The highest BCUT2D eigenvalue weighted by molar-refractivity contribution is 5.76. The van der Waals surface area contributed by atoms with Gasteiger partial charge in [-0.3, -0.25) is 4.79 Å². The Kier molecular flexibility index (Phi) is 4.63. The van der Waals surface area contributed by atoms with Gasteiger partial charge in [-0.25, -0.2) is 0 Å². The van der Waals surface area contributed by atoms with Gasteiger partial charge in [-0.2, -0.15) is 0 Å². The predicted molar refractivity (Wildman–Crippen MR) is 73.0 cm³/mol. The van der Waals surface area contributed by atoms with Crippen molar-refractivity contribution < 1.29 is 14.3 Å². The third-order valence-corrected chi connectivity index (χ3v) is 3.18. The van der Waals surface area contributed by atoms with Crippen molar-refractivity contribution in [2.75, 3.05) is 32.1 Å². The van der Waals surface area contributed by atoms with Crippen LogP contribution in [0.2, 0.25) is 0 Å². The number of benzene rings is 1. The largest absolute Gasteiger partial charge is 0.491 e. The van der Waals surface area contributed by atoms with Crippen LogP contribution in [0.15, 0.2) is 24.3 Å². The van der Waals surface area contributed by atoms with Crippen LogP contribution in [0.3, 0.4) is 0 Å². The zero-order chi connectivity index (χ0) is 13.7. The molecular formula is C14H20N2O3. The molecular weight excluding hydrogens is 244 g/mol. The van der Waals surface area contributed by atoms with E-state index in [0.717, 1.165) is 0 Å². The van der Waals surface area contributed by atoms with Crippen LogP contribution in [0.1, 0.15) is 13.3 Å². The maximum absolute atomic E-state index is 12.0. The van der Waals surface area contributed by atoms with Crippen LogP contribution in [-0.2, 0) is 9.53 Å². The summed E-state index contributed by atoms with van der Waals surface area (Å²) in [4.78, 5) is 13.9. The first-order valence-electron chi connectivity index (χ1n) is 6.53. The summed E-state index contributed by atoms with van der Waals surface area (Å²) >= 11 is 0. The fourth-order valence-electron chi connectivity index (χ4n) is 2.10. The van der Waals surface area contributed by atoms with Gasteiger partial charge in [0.25, 0.3) is 0 Å². The number of ether oxygens (including phenoxy) is 2. The molecule has 0 aliphatic carbocycles. The van der Waals surface area contributed by atoms with Crippen LogP contribution in [-0.4, -0.2) is 43.2 Å². The first-order chi connectivity index (χ1) is 9.18. The zero-order valence-electron chi connectivity index (χ0n) is 11.2. The van der Waals surface area contributed by atoms with Crippen LogP contribution in [0.25, 0.3) is 0 Å². The van der Waals surface area contributed by atoms with Gasteiger partial charge in [0.05, 0.1) is 38.0 Å². The molecule has 19 heavy (non-hydrogen) atoms. The molecule has 2 N–H and O–H groups in total. The van der Waals surface area contributed by atoms with Crippen molar-refractivity contribution in [1.82, 2.24) is 4.90 Å². The van der Waals surface area contributed by atoms with Gasteiger partial charge in [-0.05, 0) is 19.1 Å². The van der Waals surface area contributed by atoms with E-state index in [-0.39, 0.29) is 11.9 Å². The van der Waals surface area contributed by atoms with Gasteiger partial charge in [0.2, 0.25) is 5.91 Å². The second-order valence-electron chi connectivity index (χ2n) is 4.65. The summed E-state index contributed by atoms with van der Waals surface area (Å²) in [5, 5.41) is 0. The van der Waals surface area contributed by atoms with Crippen LogP contribution in [0.4, 0.5) is 5.69 Å². The maximum atomic E-state index is 12.0. The Bertz CT molecular complexity index is 436. The monoisotopic (exact) mass is 264 g/mol. The second kappa shape index (κ2) is 6.43. The number of hydrogen-bond donors (Lipinski definition) is 1. The number of rotatable bonds is 4. The molecule has 1 aliphatic rings. The molecule has 1 aromatic carbocycles. The molecule has 1 aliphatic heterocycles. The highest BCUT2D eigenvalue weighted by Crippen LogP contribution is 2.20. The molecule has 1 saturated heterocycles. The van der Waals surface area contributed by atoms with E-state index < -0.39 is 0 Å². The third kappa shape index (κ3) is 3.61. The number of nitrogen functional groups attached to an aromatic ring is 1. The highest BCUT2D eigenvalue weighted by atomic mass is 16.5. The van der Waals surface area contributed by atoms with Crippen molar-refractivity contribution in [2.24, 2.45) is 0 Å². The van der Waals surface area contributed by atoms with Gasteiger partial charge in [0, 0.05) is 6.54 Å². The van der Waals surface area contributed by atoms with Gasteiger partial charge in [0.1, 0.15) is 5.75 Å². The lowest BCUT2D eigenvalue weighted by Crippen LogP contribution is -2.47. The summed E-state index contributed by atoms with van der Waals surface area (Å²) in [5.74, 6) is 0.732. The minimum atomic E-state index is 0.102. The average Bonchev–Trinajstić information content (AvgIpc) is 2.41. The van der Waals surface area contributed by atoms with Crippen molar-refractivity contribution in [3.05, 3.63) is 24.3 Å². The molecule has 5 nitrogen and oxygen atoms in total. The lowest BCUT2D eigenvalue weighted by Gasteiger charge is -2.33. The smallest absolute Gasteiger partial charge is 0.226 e. The average molecular weight is 264 g/mol. The zero-order valence-corrected chi connectivity index (χ0v) is 11.2.